The van der Waals surface area contributed by atoms with Crippen molar-refractivity contribution in [1.82, 2.24) is 0 Å². The van der Waals surface area contributed by atoms with Crippen LogP contribution in [-0.2, 0) is 20.7 Å². The quantitative estimate of drug-likeness (QED) is 0.736. The van der Waals surface area contributed by atoms with Crippen molar-refractivity contribution in [2.75, 3.05) is 30.5 Å². The molecule has 6 nitrogen and oxygen atoms in total. The van der Waals surface area contributed by atoms with Gasteiger partial charge in [0.25, 0.3) is 5.91 Å². The van der Waals surface area contributed by atoms with Gasteiger partial charge in [-0.05, 0) is 43.9 Å². The van der Waals surface area contributed by atoms with Crippen molar-refractivity contribution in [1.29, 1.82) is 0 Å². The van der Waals surface area contributed by atoms with Gasteiger partial charge in [0.2, 0.25) is 0 Å². The summed E-state index contributed by atoms with van der Waals surface area (Å²) in [6.07, 6.45) is 0. The first-order valence-corrected chi connectivity index (χ1v) is 10.8. The lowest BCUT2D eigenvalue weighted by molar-refractivity contribution is -0.121. The van der Waals surface area contributed by atoms with Crippen LogP contribution >= 0.6 is 0 Å². The van der Waals surface area contributed by atoms with Crippen molar-refractivity contribution in [3.8, 4) is 5.75 Å². The van der Waals surface area contributed by atoms with E-state index in [0.717, 1.165) is 28.0 Å². The largest absolute Gasteiger partial charge is 0.494 e. The lowest BCUT2D eigenvalue weighted by Crippen LogP contribution is -2.54. The second kappa shape index (κ2) is 8.08. The number of carbonyl (C=O) groups is 1. The lowest BCUT2D eigenvalue weighted by atomic mass is 9.72. The van der Waals surface area contributed by atoms with Crippen LogP contribution < -0.4 is 20.4 Å². The Morgan fingerprint density at radius 1 is 1.16 bits per heavy atom. The van der Waals surface area contributed by atoms with Crippen LogP contribution in [0.15, 0.2) is 30.3 Å². The van der Waals surface area contributed by atoms with Gasteiger partial charge >= 0.3 is 7.12 Å². The molecule has 1 saturated heterocycles. The molecule has 0 spiro atoms. The maximum Gasteiger partial charge on any atom is 0.494 e. The molecule has 0 unspecified atom stereocenters. The third-order valence-electron chi connectivity index (χ3n) is 5.97. The number of nitrogens with zero attached hydrogens (tertiary/aromatic N) is 1. The molecule has 0 radical (unpaired) electrons. The zero-order valence-electron chi connectivity index (χ0n) is 19.5. The Morgan fingerprint density at radius 2 is 1.84 bits per heavy atom. The van der Waals surface area contributed by atoms with E-state index in [9.17, 15) is 9.18 Å². The number of carbonyl (C=O) groups excluding carboxylic acids is 1. The molecule has 2 heterocycles. The number of aryl methyl sites for hydroxylation is 1. The fourth-order valence-corrected chi connectivity index (χ4v) is 4.17. The Balaban J connectivity index is 1.75. The SMILES string of the molecule is Cc1ccc(F)cc1OCc1c(B2OCC(C)(C)CO2)ccc2c1N(C)C(=O)C(C)(C)N2. The molecule has 32 heavy (non-hydrogen) atoms. The molecule has 8 heteroatoms. The predicted octanol–water partition coefficient (Wildman–Crippen LogP) is 3.65. The molecule has 0 atom stereocenters. The third-order valence-corrected chi connectivity index (χ3v) is 5.97. The van der Waals surface area contributed by atoms with Crippen molar-refractivity contribution in [2.24, 2.45) is 5.41 Å². The van der Waals surface area contributed by atoms with Crippen LogP contribution in [0.2, 0.25) is 0 Å². The van der Waals surface area contributed by atoms with E-state index in [0.29, 0.717) is 19.0 Å². The summed E-state index contributed by atoms with van der Waals surface area (Å²) in [6.45, 7) is 11.0. The maximum absolute atomic E-state index is 13.8. The second-order valence-electron chi connectivity index (χ2n) is 9.96. The number of hydrogen-bond acceptors (Lipinski definition) is 5. The monoisotopic (exact) mass is 440 g/mol. The average molecular weight is 440 g/mol. The smallest absolute Gasteiger partial charge is 0.488 e. The number of ether oxygens (including phenoxy) is 1. The number of likely N-dealkylation sites (N-methyl/N-ethyl adjacent to an activating group) is 1. The lowest BCUT2D eigenvalue weighted by Gasteiger charge is -2.40. The first-order valence-electron chi connectivity index (χ1n) is 10.8. The van der Waals surface area contributed by atoms with E-state index in [2.05, 4.69) is 19.2 Å². The van der Waals surface area contributed by atoms with Gasteiger partial charge in [0.1, 0.15) is 23.7 Å². The van der Waals surface area contributed by atoms with Crippen LogP contribution in [0, 0.1) is 18.2 Å². The van der Waals surface area contributed by atoms with Crippen LogP contribution in [0.4, 0.5) is 15.8 Å². The first kappa shape index (κ1) is 22.6. The molecule has 0 bridgehead atoms. The molecule has 170 valence electrons. The van der Waals surface area contributed by atoms with Gasteiger partial charge < -0.3 is 24.3 Å². The van der Waals surface area contributed by atoms with Gasteiger partial charge in [-0.1, -0.05) is 26.0 Å². The van der Waals surface area contributed by atoms with Crippen molar-refractivity contribution in [3.63, 3.8) is 0 Å². The predicted molar refractivity (Wildman–Crippen MR) is 124 cm³/mol. The number of halogens is 1. The van der Waals surface area contributed by atoms with Gasteiger partial charge in [0.15, 0.2) is 0 Å². The zero-order chi connectivity index (χ0) is 23.3. The number of amides is 1. The molecule has 0 aromatic heterocycles. The Hall–Kier alpha value is -2.58. The van der Waals surface area contributed by atoms with Gasteiger partial charge in [0, 0.05) is 37.3 Å². The first-order chi connectivity index (χ1) is 15.0. The van der Waals surface area contributed by atoms with Crippen LogP contribution in [0.1, 0.15) is 38.8 Å². The van der Waals surface area contributed by atoms with E-state index >= 15 is 0 Å². The van der Waals surface area contributed by atoms with E-state index < -0.39 is 12.7 Å². The van der Waals surface area contributed by atoms with Gasteiger partial charge in [-0.15, -0.1) is 0 Å². The summed E-state index contributed by atoms with van der Waals surface area (Å²) < 4.78 is 32.0. The highest BCUT2D eigenvalue weighted by molar-refractivity contribution is 6.62. The van der Waals surface area contributed by atoms with E-state index in [-0.39, 0.29) is 23.7 Å². The summed E-state index contributed by atoms with van der Waals surface area (Å²) in [4.78, 5) is 14.7. The van der Waals surface area contributed by atoms with E-state index in [1.54, 1.807) is 18.0 Å². The molecule has 4 rings (SSSR count). The second-order valence-corrected chi connectivity index (χ2v) is 9.96. The molecule has 2 aliphatic rings. The Labute approximate surface area is 189 Å². The molecule has 2 aliphatic heterocycles. The minimum atomic E-state index is -0.734. The van der Waals surface area contributed by atoms with Gasteiger partial charge in [-0.3, -0.25) is 4.79 Å². The number of benzene rings is 2. The summed E-state index contributed by atoms with van der Waals surface area (Å²) in [5.41, 5.74) is 3.14. The molecule has 2 aromatic carbocycles. The zero-order valence-corrected chi connectivity index (χ0v) is 19.5. The van der Waals surface area contributed by atoms with E-state index in [1.165, 1.54) is 12.1 Å². The summed E-state index contributed by atoms with van der Waals surface area (Å²) >= 11 is 0. The van der Waals surface area contributed by atoms with Gasteiger partial charge in [0.05, 0.1) is 11.4 Å². The minimum absolute atomic E-state index is 0.0584. The number of hydrogen-bond donors (Lipinski definition) is 1. The summed E-state index contributed by atoms with van der Waals surface area (Å²) in [6, 6.07) is 8.35. The van der Waals surface area contributed by atoms with E-state index in [4.69, 9.17) is 14.0 Å². The van der Waals surface area contributed by atoms with Crippen molar-refractivity contribution < 1.29 is 23.2 Å². The number of fused-ring (bicyclic) bond motifs is 1. The van der Waals surface area contributed by atoms with Crippen LogP contribution in [0.25, 0.3) is 0 Å². The number of nitrogens with one attached hydrogen (secondary N) is 1. The number of anilines is 2. The van der Waals surface area contributed by atoms with Crippen molar-refractivity contribution in [2.45, 2.75) is 46.8 Å². The standard InChI is InChI=1S/C24H30BFN2O4/c1-15-7-8-16(26)11-20(15)30-12-17-18(25-31-13-23(2,3)14-32-25)9-10-19-21(17)28(6)22(29)24(4,5)27-19/h7-11,27H,12-14H2,1-6H3. The maximum atomic E-state index is 13.8. The highest BCUT2D eigenvalue weighted by Gasteiger charge is 2.41. The highest BCUT2D eigenvalue weighted by Crippen LogP contribution is 2.38. The molecular formula is C24H30BFN2O4. The highest BCUT2D eigenvalue weighted by atomic mass is 19.1. The molecule has 1 amide bonds. The molecule has 2 aromatic rings. The topological polar surface area (TPSA) is 60.0 Å². The van der Waals surface area contributed by atoms with Crippen molar-refractivity contribution >= 4 is 29.9 Å². The Kier molecular flexibility index (Phi) is 5.71. The molecular weight excluding hydrogens is 410 g/mol. The number of rotatable bonds is 4. The molecule has 1 fully saturated rings. The van der Waals surface area contributed by atoms with E-state index in [1.807, 2.05) is 32.9 Å². The normalized spacial score (nSPS) is 19.4. The summed E-state index contributed by atoms with van der Waals surface area (Å²) in [5, 5.41) is 3.33. The molecule has 1 N–H and O–H groups in total. The fraction of sp³-hybridized carbons (Fsp3) is 0.458. The Bertz CT molecular complexity index is 1050. The van der Waals surface area contributed by atoms with Crippen molar-refractivity contribution in [3.05, 3.63) is 47.3 Å². The Morgan fingerprint density at radius 3 is 2.53 bits per heavy atom. The van der Waals surface area contributed by atoms with Crippen LogP contribution in [-0.4, -0.2) is 38.8 Å². The minimum Gasteiger partial charge on any atom is -0.488 e. The van der Waals surface area contributed by atoms with Gasteiger partial charge in [-0.25, -0.2) is 4.39 Å². The molecule has 0 aliphatic carbocycles. The summed E-state index contributed by atoms with van der Waals surface area (Å²) in [7, 11) is 1.19. The fourth-order valence-electron chi connectivity index (χ4n) is 4.17. The third kappa shape index (κ3) is 4.21. The summed E-state index contributed by atoms with van der Waals surface area (Å²) in [5.74, 6) is 0.0352. The van der Waals surface area contributed by atoms with Crippen LogP contribution in [0.3, 0.4) is 0 Å². The van der Waals surface area contributed by atoms with Gasteiger partial charge in [-0.2, -0.15) is 0 Å². The molecule has 0 saturated carbocycles. The van der Waals surface area contributed by atoms with Crippen LogP contribution in [0.5, 0.6) is 5.75 Å². The average Bonchev–Trinajstić information content (AvgIpc) is 2.72.